The van der Waals surface area contributed by atoms with E-state index < -0.39 is 0 Å². The minimum Gasteiger partial charge on any atom is -0.242 e. The van der Waals surface area contributed by atoms with Crippen LogP contribution in [0.3, 0.4) is 0 Å². The Labute approximate surface area is 98.4 Å². The molecule has 2 aromatic rings. The molecule has 0 N–H and O–H groups in total. The van der Waals surface area contributed by atoms with Crippen LogP contribution in [0.5, 0.6) is 0 Å². The van der Waals surface area contributed by atoms with Gasteiger partial charge in [0.1, 0.15) is 10.7 Å². The smallest absolute Gasteiger partial charge is 0.167 e. The topological polar surface area (TPSA) is 38.7 Å². The van der Waals surface area contributed by atoms with E-state index in [-0.39, 0.29) is 0 Å². The van der Waals surface area contributed by atoms with Crippen LogP contribution in [0.25, 0.3) is 10.7 Å². The van der Waals surface area contributed by atoms with Crippen molar-refractivity contribution in [2.45, 2.75) is 18.2 Å². The highest BCUT2D eigenvalue weighted by Crippen LogP contribution is 2.32. The van der Waals surface area contributed by atoms with E-state index in [9.17, 15) is 0 Å². The molecule has 0 aliphatic heterocycles. The molecular formula is C8H8BrN3S2. The van der Waals surface area contributed by atoms with Crippen LogP contribution in [-0.4, -0.2) is 15.2 Å². The highest BCUT2D eigenvalue weighted by atomic mass is 79.9. The molecule has 0 saturated carbocycles. The lowest BCUT2D eigenvalue weighted by molar-refractivity contribution is 0.870. The van der Waals surface area contributed by atoms with Crippen molar-refractivity contribution in [2.75, 3.05) is 0 Å². The van der Waals surface area contributed by atoms with Crippen molar-refractivity contribution in [3.8, 4) is 10.7 Å². The molecule has 0 fully saturated rings. The zero-order valence-corrected chi connectivity index (χ0v) is 10.7. The molecular weight excluding hydrogens is 282 g/mol. The lowest BCUT2D eigenvalue weighted by Gasteiger charge is -1.97. The molecule has 1 unspecified atom stereocenters. The minimum atomic E-state index is 0.312. The average molecular weight is 290 g/mol. The summed E-state index contributed by atoms with van der Waals surface area (Å²) in [5.74, 6) is 0. The van der Waals surface area contributed by atoms with Crippen molar-refractivity contribution in [1.29, 1.82) is 0 Å². The Kier molecular flexibility index (Phi) is 3.25. The summed E-state index contributed by atoms with van der Waals surface area (Å²) in [5, 5.41) is 12.2. The standard InChI is InChI=1S/C8H8BrN3S2/c1-2-5(9)7-11-12-8(14-7)6-3-13-4-10-6/h3-5H,2H2,1H3. The lowest BCUT2D eigenvalue weighted by atomic mass is 10.4. The lowest BCUT2D eigenvalue weighted by Crippen LogP contribution is -1.84. The molecule has 14 heavy (non-hydrogen) atoms. The quantitative estimate of drug-likeness (QED) is 0.812. The van der Waals surface area contributed by atoms with Gasteiger partial charge in [0.05, 0.1) is 10.3 Å². The average Bonchev–Trinajstić information content (AvgIpc) is 2.86. The van der Waals surface area contributed by atoms with Crippen LogP contribution >= 0.6 is 38.6 Å². The van der Waals surface area contributed by atoms with Crippen molar-refractivity contribution in [3.05, 3.63) is 15.9 Å². The molecule has 0 amide bonds. The number of alkyl halides is 1. The second-order valence-corrected chi connectivity index (χ2v) is 5.53. The summed E-state index contributed by atoms with van der Waals surface area (Å²) in [5.41, 5.74) is 2.73. The van der Waals surface area contributed by atoms with Gasteiger partial charge in [-0.2, -0.15) is 0 Å². The number of thiazole rings is 1. The highest BCUT2D eigenvalue weighted by molar-refractivity contribution is 9.09. The summed E-state index contributed by atoms with van der Waals surface area (Å²) < 4.78 is 0. The maximum Gasteiger partial charge on any atom is 0.167 e. The maximum atomic E-state index is 4.20. The fourth-order valence-electron chi connectivity index (χ4n) is 0.957. The number of nitrogens with zero attached hydrogens (tertiary/aromatic N) is 3. The maximum absolute atomic E-state index is 4.20. The van der Waals surface area contributed by atoms with Gasteiger partial charge >= 0.3 is 0 Å². The second kappa shape index (κ2) is 4.46. The first-order valence-electron chi connectivity index (χ1n) is 4.17. The first kappa shape index (κ1) is 10.2. The molecule has 2 aromatic heterocycles. The molecule has 3 nitrogen and oxygen atoms in total. The van der Waals surface area contributed by atoms with Crippen LogP contribution in [0, 0.1) is 0 Å². The van der Waals surface area contributed by atoms with Crippen molar-refractivity contribution in [1.82, 2.24) is 15.2 Å². The molecule has 0 aliphatic carbocycles. The number of aromatic nitrogens is 3. The Morgan fingerprint density at radius 2 is 2.36 bits per heavy atom. The van der Waals surface area contributed by atoms with Gasteiger partial charge in [-0.05, 0) is 6.42 Å². The Bertz CT molecular complexity index is 398. The van der Waals surface area contributed by atoms with E-state index in [2.05, 4.69) is 38.0 Å². The van der Waals surface area contributed by atoms with E-state index in [1.807, 2.05) is 10.9 Å². The molecule has 2 heterocycles. The third-order valence-corrected chi connectivity index (χ3v) is 4.75. The van der Waals surface area contributed by atoms with E-state index in [1.54, 1.807) is 22.7 Å². The summed E-state index contributed by atoms with van der Waals surface area (Å²) in [6.45, 7) is 2.11. The van der Waals surface area contributed by atoms with Crippen LogP contribution in [-0.2, 0) is 0 Å². The molecule has 2 rings (SSSR count). The van der Waals surface area contributed by atoms with Crippen LogP contribution in [0.4, 0.5) is 0 Å². The highest BCUT2D eigenvalue weighted by Gasteiger charge is 2.13. The van der Waals surface area contributed by atoms with Gasteiger partial charge in [-0.25, -0.2) is 4.98 Å². The van der Waals surface area contributed by atoms with E-state index in [1.165, 1.54) is 0 Å². The van der Waals surface area contributed by atoms with E-state index >= 15 is 0 Å². The molecule has 0 radical (unpaired) electrons. The minimum absolute atomic E-state index is 0.312. The number of halogens is 1. The molecule has 1 atom stereocenters. The Morgan fingerprint density at radius 1 is 1.50 bits per heavy atom. The Morgan fingerprint density at radius 3 is 3.00 bits per heavy atom. The largest absolute Gasteiger partial charge is 0.242 e. The molecule has 0 spiro atoms. The number of hydrogen-bond acceptors (Lipinski definition) is 5. The van der Waals surface area contributed by atoms with Gasteiger partial charge in [0.25, 0.3) is 0 Å². The van der Waals surface area contributed by atoms with Crippen LogP contribution in [0.15, 0.2) is 10.9 Å². The molecule has 6 heteroatoms. The predicted octanol–water partition coefficient (Wildman–Crippen LogP) is 3.51. The van der Waals surface area contributed by atoms with E-state index in [4.69, 9.17) is 0 Å². The monoisotopic (exact) mass is 289 g/mol. The van der Waals surface area contributed by atoms with Gasteiger partial charge < -0.3 is 0 Å². The van der Waals surface area contributed by atoms with Crippen LogP contribution < -0.4 is 0 Å². The van der Waals surface area contributed by atoms with Gasteiger partial charge in [-0.3, -0.25) is 0 Å². The summed E-state index contributed by atoms with van der Waals surface area (Å²) >= 11 is 6.72. The third-order valence-electron chi connectivity index (χ3n) is 1.72. The zero-order valence-electron chi connectivity index (χ0n) is 7.48. The number of hydrogen-bond donors (Lipinski definition) is 0. The van der Waals surface area contributed by atoms with Gasteiger partial charge in [0.15, 0.2) is 5.01 Å². The van der Waals surface area contributed by atoms with Gasteiger partial charge in [0.2, 0.25) is 0 Å². The summed E-state index contributed by atoms with van der Waals surface area (Å²) in [7, 11) is 0. The first-order valence-corrected chi connectivity index (χ1v) is 6.84. The predicted molar refractivity (Wildman–Crippen MR) is 63.0 cm³/mol. The van der Waals surface area contributed by atoms with Gasteiger partial charge in [-0.1, -0.05) is 34.2 Å². The SMILES string of the molecule is CCC(Br)c1nnc(-c2cscn2)s1. The van der Waals surface area contributed by atoms with E-state index in [0.717, 1.165) is 22.1 Å². The van der Waals surface area contributed by atoms with Crippen molar-refractivity contribution < 1.29 is 0 Å². The molecule has 0 bridgehead atoms. The van der Waals surface area contributed by atoms with Crippen molar-refractivity contribution in [2.24, 2.45) is 0 Å². The van der Waals surface area contributed by atoms with Crippen LogP contribution in [0.2, 0.25) is 0 Å². The van der Waals surface area contributed by atoms with E-state index in [0.29, 0.717) is 4.83 Å². The van der Waals surface area contributed by atoms with Crippen molar-refractivity contribution >= 4 is 38.6 Å². The summed E-state index contributed by atoms with van der Waals surface area (Å²) in [6, 6.07) is 0. The molecule has 0 aromatic carbocycles. The Balaban J connectivity index is 2.26. The normalized spacial score (nSPS) is 13.0. The van der Waals surface area contributed by atoms with Crippen LogP contribution in [0.1, 0.15) is 23.2 Å². The van der Waals surface area contributed by atoms with Gasteiger partial charge in [0, 0.05) is 5.38 Å². The second-order valence-electron chi connectivity index (χ2n) is 2.69. The zero-order chi connectivity index (χ0) is 9.97. The molecule has 0 aliphatic rings. The fraction of sp³-hybridized carbons (Fsp3) is 0.375. The third kappa shape index (κ3) is 2.02. The Hall–Kier alpha value is -0.330. The summed E-state index contributed by atoms with van der Waals surface area (Å²) in [4.78, 5) is 4.51. The fourth-order valence-corrected chi connectivity index (χ4v) is 2.81. The molecule has 74 valence electrons. The molecule has 0 saturated heterocycles. The number of rotatable bonds is 3. The first-order chi connectivity index (χ1) is 6.81. The van der Waals surface area contributed by atoms with Gasteiger partial charge in [-0.15, -0.1) is 21.5 Å². The summed E-state index contributed by atoms with van der Waals surface area (Å²) in [6.07, 6.45) is 1.02. The van der Waals surface area contributed by atoms with Crippen molar-refractivity contribution in [3.63, 3.8) is 0 Å².